The van der Waals surface area contributed by atoms with E-state index in [0.29, 0.717) is 12.0 Å². The van der Waals surface area contributed by atoms with Crippen LogP contribution in [0, 0.1) is 18.7 Å². The van der Waals surface area contributed by atoms with E-state index in [2.05, 4.69) is 12.2 Å². The van der Waals surface area contributed by atoms with Crippen LogP contribution in [0.25, 0.3) is 0 Å². The summed E-state index contributed by atoms with van der Waals surface area (Å²) in [7, 11) is 0. The highest BCUT2D eigenvalue weighted by Gasteiger charge is 2.22. The molecule has 2 unspecified atom stereocenters. The Bertz CT molecular complexity index is 361. The van der Waals surface area contributed by atoms with Crippen LogP contribution in [0.15, 0.2) is 18.2 Å². The minimum Gasteiger partial charge on any atom is -0.382 e. The highest BCUT2D eigenvalue weighted by molar-refractivity contribution is 5.51. The lowest BCUT2D eigenvalue weighted by atomic mass is 10.00. The molecule has 0 spiro atoms. The number of rotatable bonds is 3. The highest BCUT2D eigenvalue weighted by atomic mass is 19.1. The number of benzene rings is 1. The topological polar surface area (TPSA) is 21.3 Å². The maximum atomic E-state index is 12.9. The molecule has 0 aromatic heterocycles. The molecule has 1 aromatic carbocycles. The molecule has 0 bridgehead atoms. The van der Waals surface area contributed by atoms with Crippen LogP contribution >= 0.6 is 0 Å². The average Bonchev–Trinajstić information content (AvgIpc) is 2.75. The molecule has 2 rings (SSSR count). The summed E-state index contributed by atoms with van der Waals surface area (Å²) in [5.41, 5.74) is 1.96. The van der Waals surface area contributed by atoms with Gasteiger partial charge in [0.25, 0.3) is 0 Å². The summed E-state index contributed by atoms with van der Waals surface area (Å²) in [5.74, 6) is 0.379. The van der Waals surface area contributed by atoms with Gasteiger partial charge in [0.2, 0.25) is 0 Å². The molecular weight excluding hydrogens is 205 g/mol. The van der Waals surface area contributed by atoms with E-state index in [-0.39, 0.29) is 5.82 Å². The van der Waals surface area contributed by atoms with E-state index in [0.717, 1.165) is 30.9 Å². The minimum absolute atomic E-state index is 0.181. The predicted octanol–water partition coefficient (Wildman–Crippen LogP) is 2.97. The standard InChI is InChI=1S/C13H18FNO/c1-9-7-12(14)3-4-13(9)15-10(2)11-5-6-16-8-11/h3-4,7,10-11,15H,5-6,8H2,1-2H3. The van der Waals surface area contributed by atoms with Gasteiger partial charge in [-0.15, -0.1) is 0 Å². The Morgan fingerprint density at radius 2 is 2.31 bits per heavy atom. The van der Waals surface area contributed by atoms with Gasteiger partial charge in [-0.2, -0.15) is 0 Å². The molecular formula is C13H18FNO. The van der Waals surface area contributed by atoms with Gasteiger partial charge in [-0.3, -0.25) is 0 Å². The molecule has 1 aliphatic rings. The van der Waals surface area contributed by atoms with E-state index in [4.69, 9.17) is 4.74 Å². The van der Waals surface area contributed by atoms with Crippen LogP contribution in [0.5, 0.6) is 0 Å². The first kappa shape index (κ1) is 11.4. The molecule has 1 aliphatic heterocycles. The van der Waals surface area contributed by atoms with Gasteiger partial charge in [-0.25, -0.2) is 4.39 Å². The van der Waals surface area contributed by atoms with Gasteiger partial charge in [0.05, 0.1) is 6.61 Å². The molecule has 16 heavy (non-hydrogen) atoms. The van der Waals surface area contributed by atoms with Crippen LogP contribution in [0.4, 0.5) is 10.1 Å². The van der Waals surface area contributed by atoms with E-state index < -0.39 is 0 Å². The minimum atomic E-state index is -0.181. The second-order valence-corrected chi connectivity index (χ2v) is 4.52. The predicted molar refractivity (Wildman–Crippen MR) is 63.1 cm³/mol. The van der Waals surface area contributed by atoms with Crippen molar-refractivity contribution in [2.45, 2.75) is 26.3 Å². The molecule has 1 saturated heterocycles. The van der Waals surface area contributed by atoms with Gasteiger partial charge < -0.3 is 10.1 Å². The van der Waals surface area contributed by atoms with Crippen molar-refractivity contribution in [1.82, 2.24) is 0 Å². The van der Waals surface area contributed by atoms with Gasteiger partial charge in [0, 0.05) is 24.3 Å². The summed E-state index contributed by atoms with van der Waals surface area (Å²) in [5, 5.41) is 3.43. The van der Waals surface area contributed by atoms with Crippen LogP contribution in [-0.4, -0.2) is 19.3 Å². The van der Waals surface area contributed by atoms with Crippen molar-refractivity contribution in [3.05, 3.63) is 29.6 Å². The monoisotopic (exact) mass is 223 g/mol. The molecule has 1 fully saturated rings. The molecule has 2 atom stereocenters. The molecule has 0 amide bonds. The van der Waals surface area contributed by atoms with Gasteiger partial charge in [-0.05, 0) is 44.0 Å². The van der Waals surface area contributed by atoms with Crippen molar-refractivity contribution in [2.24, 2.45) is 5.92 Å². The number of anilines is 1. The lowest BCUT2D eigenvalue weighted by Gasteiger charge is -2.21. The maximum Gasteiger partial charge on any atom is 0.123 e. The molecule has 0 aliphatic carbocycles. The van der Waals surface area contributed by atoms with Crippen LogP contribution < -0.4 is 5.32 Å². The third kappa shape index (κ3) is 2.53. The Balaban J connectivity index is 2.02. The average molecular weight is 223 g/mol. The zero-order valence-corrected chi connectivity index (χ0v) is 9.79. The third-order valence-corrected chi connectivity index (χ3v) is 3.24. The fourth-order valence-electron chi connectivity index (χ4n) is 2.10. The highest BCUT2D eigenvalue weighted by Crippen LogP contribution is 2.22. The van der Waals surface area contributed by atoms with Gasteiger partial charge in [0.1, 0.15) is 5.82 Å². The van der Waals surface area contributed by atoms with Gasteiger partial charge in [-0.1, -0.05) is 0 Å². The van der Waals surface area contributed by atoms with Crippen molar-refractivity contribution < 1.29 is 9.13 Å². The second-order valence-electron chi connectivity index (χ2n) is 4.52. The number of hydrogen-bond acceptors (Lipinski definition) is 2. The van der Waals surface area contributed by atoms with Crippen LogP contribution in [0.3, 0.4) is 0 Å². The summed E-state index contributed by atoms with van der Waals surface area (Å²) >= 11 is 0. The Labute approximate surface area is 95.8 Å². The smallest absolute Gasteiger partial charge is 0.123 e. The molecule has 0 radical (unpaired) electrons. The van der Waals surface area contributed by atoms with Crippen molar-refractivity contribution in [3.8, 4) is 0 Å². The first-order valence-electron chi connectivity index (χ1n) is 5.77. The van der Waals surface area contributed by atoms with Crippen molar-refractivity contribution in [1.29, 1.82) is 0 Å². The number of ether oxygens (including phenoxy) is 1. The molecule has 1 N–H and O–H groups in total. The quantitative estimate of drug-likeness (QED) is 0.850. The van der Waals surface area contributed by atoms with E-state index in [1.54, 1.807) is 12.1 Å². The maximum absolute atomic E-state index is 12.9. The second kappa shape index (κ2) is 4.83. The Morgan fingerprint density at radius 3 is 2.94 bits per heavy atom. The normalized spacial score (nSPS) is 22.1. The lowest BCUT2D eigenvalue weighted by molar-refractivity contribution is 0.183. The van der Waals surface area contributed by atoms with Crippen LogP contribution in [0.2, 0.25) is 0 Å². The largest absolute Gasteiger partial charge is 0.382 e. The van der Waals surface area contributed by atoms with Crippen molar-refractivity contribution >= 4 is 5.69 Å². The SMILES string of the molecule is Cc1cc(F)ccc1NC(C)C1CCOC1. The van der Waals surface area contributed by atoms with Crippen LogP contribution in [-0.2, 0) is 4.74 Å². The van der Waals surface area contributed by atoms with Gasteiger partial charge in [0.15, 0.2) is 0 Å². The van der Waals surface area contributed by atoms with Crippen LogP contribution in [0.1, 0.15) is 18.9 Å². The number of nitrogens with one attached hydrogen (secondary N) is 1. The van der Waals surface area contributed by atoms with Crippen molar-refractivity contribution in [2.75, 3.05) is 18.5 Å². The number of hydrogen-bond donors (Lipinski definition) is 1. The Hall–Kier alpha value is -1.09. The molecule has 1 heterocycles. The van der Waals surface area contributed by atoms with Crippen molar-refractivity contribution in [3.63, 3.8) is 0 Å². The fourth-order valence-corrected chi connectivity index (χ4v) is 2.10. The molecule has 1 aromatic rings. The van der Waals surface area contributed by atoms with E-state index >= 15 is 0 Å². The Morgan fingerprint density at radius 1 is 1.50 bits per heavy atom. The summed E-state index contributed by atoms with van der Waals surface area (Å²) < 4.78 is 18.3. The number of halogens is 1. The molecule has 0 saturated carbocycles. The zero-order valence-electron chi connectivity index (χ0n) is 9.79. The summed E-state index contributed by atoms with van der Waals surface area (Å²) in [6.45, 7) is 5.76. The van der Waals surface area contributed by atoms with E-state index in [9.17, 15) is 4.39 Å². The summed E-state index contributed by atoms with van der Waals surface area (Å²) in [6.07, 6.45) is 1.11. The molecule has 3 heteroatoms. The third-order valence-electron chi connectivity index (χ3n) is 3.24. The lowest BCUT2D eigenvalue weighted by Crippen LogP contribution is -2.26. The number of aryl methyl sites for hydroxylation is 1. The van der Waals surface area contributed by atoms with E-state index in [1.807, 2.05) is 6.92 Å². The zero-order chi connectivity index (χ0) is 11.5. The van der Waals surface area contributed by atoms with Gasteiger partial charge >= 0.3 is 0 Å². The molecule has 2 nitrogen and oxygen atoms in total. The fraction of sp³-hybridized carbons (Fsp3) is 0.538. The molecule has 88 valence electrons. The summed E-state index contributed by atoms with van der Waals surface area (Å²) in [6, 6.07) is 5.22. The first-order valence-corrected chi connectivity index (χ1v) is 5.77. The first-order chi connectivity index (χ1) is 7.66. The Kier molecular flexibility index (Phi) is 3.44. The summed E-state index contributed by atoms with van der Waals surface area (Å²) in [4.78, 5) is 0. The van der Waals surface area contributed by atoms with E-state index in [1.165, 1.54) is 6.07 Å².